The van der Waals surface area contributed by atoms with Crippen molar-refractivity contribution in [2.45, 2.75) is 6.42 Å². The average molecular weight is 392 g/mol. The van der Waals surface area contributed by atoms with E-state index in [4.69, 9.17) is 0 Å². The first-order valence-electron chi connectivity index (χ1n) is 9.11. The number of carbonyl (C=O) groups excluding carboxylic acids is 1. The molecule has 2 aromatic carbocycles. The van der Waals surface area contributed by atoms with Crippen LogP contribution in [-0.4, -0.2) is 22.4 Å². The molecule has 4 rings (SSSR count). The lowest BCUT2D eigenvalue weighted by molar-refractivity contribution is 0.0954. The fourth-order valence-corrected chi connectivity index (χ4v) is 3.12. The number of amides is 1. The second-order valence-electron chi connectivity index (χ2n) is 6.54. The molecule has 4 aromatic rings. The summed E-state index contributed by atoms with van der Waals surface area (Å²) in [5.41, 5.74) is 2.66. The van der Waals surface area contributed by atoms with E-state index >= 15 is 0 Å². The molecule has 0 atom stereocenters. The molecule has 0 saturated carbocycles. The molecular formula is C22H18F2N4O. The van der Waals surface area contributed by atoms with Gasteiger partial charge in [0.05, 0.1) is 5.69 Å². The summed E-state index contributed by atoms with van der Waals surface area (Å²) in [4.78, 5) is 19.7. The van der Waals surface area contributed by atoms with Crippen LogP contribution in [0.3, 0.4) is 0 Å². The standard InChI is InChI=1S/C22H18F2N4O/c23-16-5-6-20(18(24)12-16)28-21-11-14(7-9-25-21)22(29)26-10-8-15-13-27-19-4-2-1-3-17(15)19/h1-7,9,11-13,27H,8,10H2,(H,25,28)(H,26,29). The Morgan fingerprint density at radius 1 is 1.07 bits per heavy atom. The van der Waals surface area contributed by atoms with E-state index in [2.05, 4.69) is 20.6 Å². The van der Waals surface area contributed by atoms with Crippen LogP contribution in [0.5, 0.6) is 0 Å². The van der Waals surface area contributed by atoms with Gasteiger partial charge < -0.3 is 15.6 Å². The Balaban J connectivity index is 1.39. The molecule has 0 saturated heterocycles. The van der Waals surface area contributed by atoms with Crippen LogP contribution >= 0.6 is 0 Å². The summed E-state index contributed by atoms with van der Waals surface area (Å²) in [7, 11) is 0. The number of aromatic nitrogens is 2. The number of nitrogens with one attached hydrogen (secondary N) is 3. The molecule has 0 fully saturated rings. The topological polar surface area (TPSA) is 69.8 Å². The number of para-hydroxylation sites is 1. The van der Waals surface area contributed by atoms with Crippen LogP contribution in [-0.2, 0) is 6.42 Å². The Kier molecular flexibility index (Phi) is 5.20. The Morgan fingerprint density at radius 2 is 1.93 bits per heavy atom. The minimum absolute atomic E-state index is 0.0794. The number of nitrogens with zero attached hydrogens (tertiary/aromatic N) is 1. The summed E-state index contributed by atoms with van der Waals surface area (Å²) in [5.74, 6) is -1.36. The van der Waals surface area contributed by atoms with Crippen LogP contribution in [0.4, 0.5) is 20.3 Å². The lowest BCUT2D eigenvalue weighted by atomic mass is 10.1. The molecule has 2 heterocycles. The number of halogens is 2. The Hall–Kier alpha value is -3.74. The van der Waals surface area contributed by atoms with Gasteiger partial charge in [-0.2, -0.15) is 0 Å². The van der Waals surface area contributed by atoms with Crippen molar-refractivity contribution in [2.75, 3.05) is 11.9 Å². The molecule has 3 N–H and O–H groups in total. The average Bonchev–Trinajstić information content (AvgIpc) is 3.13. The maximum Gasteiger partial charge on any atom is 0.251 e. The van der Waals surface area contributed by atoms with Gasteiger partial charge in [-0.05, 0) is 42.3 Å². The Labute approximate surface area is 165 Å². The molecule has 0 bridgehead atoms. The minimum Gasteiger partial charge on any atom is -0.361 e. The molecule has 0 spiro atoms. The number of hydrogen-bond acceptors (Lipinski definition) is 3. The van der Waals surface area contributed by atoms with Gasteiger partial charge in [-0.15, -0.1) is 0 Å². The highest BCUT2D eigenvalue weighted by Gasteiger charge is 2.10. The van der Waals surface area contributed by atoms with E-state index in [0.29, 0.717) is 24.3 Å². The Morgan fingerprint density at radius 3 is 2.79 bits per heavy atom. The third-order valence-electron chi connectivity index (χ3n) is 4.57. The number of hydrogen-bond donors (Lipinski definition) is 3. The second kappa shape index (κ2) is 8.10. The number of carbonyl (C=O) groups is 1. The van der Waals surface area contributed by atoms with Gasteiger partial charge in [0.1, 0.15) is 17.5 Å². The SMILES string of the molecule is O=C(NCCc1c[nH]c2ccccc12)c1ccnc(Nc2ccc(F)cc2F)c1. The zero-order chi connectivity index (χ0) is 20.2. The first kappa shape index (κ1) is 18.6. The van der Waals surface area contributed by atoms with Crippen molar-refractivity contribution in [2.24, 2.45) is 0 Å². The van der Waals surface area contributed by atoms with Crippen LogP contribution < -0.4 is 10.6 Å². The minimum atomic E-state index is -0.736. The van der Waals surface area contributed by atoms with Gasteiger partial charge in [-0.25, -0.2) is 13.8 Å². The van der Waals surface area contributed by atoms with E-state index in [0.717, 1.165) is 28.6 Å². The quantitative estimate of drug-likeness (QED) is 0.451. The highest BCUT2D eigenvalue weighted by molar-refractivity contribution is 5.95. The molecule has 2 aromatic heterocycles. The van der Waals surface area contributed by atoms with Gasteiger partial charge in [0.15, 0.2) is 0 Å². The third kappa shape index (κ3) is 4.24. The van der Waals surface area contributed by atoms with Crippen LogP contribution in [0.15, 0.2) is 67.0 Å². The summed E-state index contributed by atoms with van der Waals surface area (Å²) >= 11 is 0. The highest BCUT2D eigenvalue weighted by Crippen LogP contribution is 2.20. The zero-order valence-electron chi connectivity index (χ0n) is 15.4. The Bertz CT molecular complexity index is 1170. The van der Waals surface area contributed by atoms with E-state index < -0.39 is 11.6 Å². The van der Waals surface area contributed by atoms with Crippen LogP contribution in [0.2, 0.25) is 0 Å². The van der Waals surface area contributed by atoms with Crippen LogP contribution in [0.25, 0.3) is 10.9 Å². The van der Waals surface area contributed by atoms with Gasteiger partial charge in [0.25, 0.3) is 5.91 Å². The van der Waals surface area contributed by atoms with Crippen LogP contribution in [0, 0.1) is 11.6 Å². The summed E-state index contributed by atoms with van der Waals surface area (Å²) in [5, 5.41) is 6.77. The molecule has 0 aliphatic rings. The number of aromatic amines is 1. The summed E-state index contributed by atoms with van der Waals surface area (Å²) in [6, 6.07) is 14.3. The predicted molar refractivity (Wildman–Crippen MR) is 108 cm³/mol. The number of fused-ring (bicyclic) bond motifs is 1. The first-order valence-corrected chi connectivity index (χ1v) is 9.11. The maximum atomic E-state index is 13.8. The van der Waals surface area contributed by atoms with Crippen molar-refractivity contribution >= 4 is 28.3 Å². The highest BCUT2D eigenvalue weighted by atomic mass is 19.1. The molecule has 0 radical (unpaired) electrons. The van der Waals surface area contributed by atoms with E-state index in [1.54, 1.807) is 6.07 Å². The lowest BCUT2D eigenvalue weighted by Gasteiger charge is -2.09. The molecule has 0 unspecified atom stereocenters. The monoisotopic (exact) mass is 392 g/mol. The van der Waals surface area contributed by atoms with Crippen molar-refractivity contribution in [1.29, 1.82) is 0 Å². The molecular weight excluding hydrogens is 374 g/mol. The van der Waals surface area contributed by atoms with Crippen LogP contribution in [0.1, 0.15) is 15.9 Å². The molecule has 29 heavy (non-hydrogen) atoms. The van der Waals surface area contributed by atoms with Crippen molar-refractivity contribution in [3.05, 3.63) is 89.8 Å². The molecule has 1 amide bonds. The normalized spacial score (nSPS) is 10.8. The van der Waals surface area contributed by atoms with Gasteiger partial charge in [0.2, 0.25) is 0 Å². The largest absolute Gasteiger partial charge is 0.361 e. The van der Waals surface area contributed by atoms with E-state index in [1.807, 2.05) is 30.5 Å². The van der Waals surface area contributed by atoms with Crippen molar-refractivity contribution in [3.63, 3.8) is 0 Å². The van der Waals surface area contributed by atoms with Gasteiger partial charge in [-0.3, -0.25) is 4.79 Å². The van der Waals surface area contributed by atoms with Gasteiger partial charge >= 0.3 is 0 Å². The maximum absolute atomic E-state index is 13.8. The van der Waals surface area contributed by atoms with E-state index in [-0.39, 0.29) is 11.6 Å². The lowest BCUT2D eigenvalue weighted by Crippen LogP contribution is -2.25. The first-order chi connectivity index (χ1) is 14.1. The van der Waals surface area contributed by atoms with Gasteiger partial charge in [-0.1, -0.05) is 18.2 Å². The number of benzene rings is 2. The number of rotatable bonds is 6. The smallest absolute Gasteiger partial charge is 0.251 e. The van der Waals surface area contributed by atoms with Crippen molar-refractivity contribution in [1.82, 2.24) is 15.3 Å². The van der Waals surface area contributed by atoms with E-state index in [1.165, 1.54) is 18.3 Å². The third-order valence-corrected chi connectivity index (χ3v) is 4.57. The summed E-state index contributed by atoms with van der Waals surface area (Å²) < 4.78 is 26.8. The van der Waals surface area contributed by atoms with Gasteiger partial charge in [0, 0.05) is 41.5 Å². The number of H-pyrrole nitrogens is 1. The summed E-state index contributed by atoms with van der Waals surface area (Å²) in [6.45, 7) is 0.471. The summed E-state index contributed by atoms with van der Waals surface area (Å²) in [6.07, 6.45) is 4.09. The number of pyridine rings is 1. The van der Waals surface area contributed by atoms with Crippen molar-refractivity contribution < 1.29 is 13.6 Å². The molecule has 0 aliphatic carbocycles. The zero-order valence-corrected chi connectivity index (χ0v) is 15.4. The molecule has 5 nitrogen and oxygen atoms in total. The fourth-order valence-electron chi connectivity index (χ4n) is 3.12. The van der Waals surface area contributed by atoms with Crippen molar-refractivity contribution in [3.8, 4) is 0 Å². The fraction of sp³-hybridized carbons (Fsp3) is 0.0909. The molecule has 7 heteroatoms. The second-order valence-corrected chi connectivity index (χ2v) is 6.54. The predicted octanol–water partition coefficient (Wildman–Crippen LogP) is 4.56. The van der Waals surface area contributed by atoms with E-state index in [9.17, 15) is 13.6 Å². The molecule has 146 valence electrons. The number of anilines is 2. The molecule has 0 aliphatic heterocycles.